The Labute approximate surface area is 119 Å². The van der Waals surface area contributed by atoms with Crippen molar-refractivity contribution in [1.29, 1.82) is 0 Å². The van der Waals surface area contributed by atoms with Crippen molar-refractivity contribution >= 4 is 11.6 Å². The molecule has 0 saturated carbocycles. The van der Waals surface area contributed by atoms with Gasteiger partial charge in [-0.3, -0.25) is 9.78 Å². The van der Waals surface area contributed by atoms with Crippen molar-refractivity contribution in [3.8, 4) is 0 Å². The number of pyridine rings is 1. The molecule has 1 aromatic rings. The number of nitrogens with one attached hydrogen (secondary N) is 1. The number of amides is 1. The molecule has 5 nitrogen and oxygen atoms in total. The van der Waals surface area contributed by atoms with E-state index in [0.717, 1.165) is 12.8 Å². The first-order chi connectivity index (χ1) is 9.65. The molecule has 2 aliphatic rings. The van der Waals surface area contributed by atoms with E-state index in [9.17, 15) is 4.79 Å². The normalized spacial score (nSPS) is 29.9. The quantitative estimate of drug-likeness (QED) is 0.855. The highest BCUT2D eigenvalue weighted by molar-refractivity contribution is 5.98. The van der Waals surface area contributed by atoms with E-state index in [4.69, 9.17) is 5.73 Å². The van der Waals surface area contributed by atoms with Gasteiger partial charge < -0.3 is 16.0 Å². The number of piperidine rings is 2. The molecular formula is C15H22N4O. The first kappa shape index (κ1) is 13.4. The highest BCUT2D eigenvalue weighted by Gasteiger charge is 2.36. The van der Waals surface area contributed by atoms with E-state index in [1.807, 2.05) is 0 Å². The third kappa shape index (κ3) is 2.50. The summed E-state index contributed by atoms with van der Waals surface area (Å²) < 4.78 is 0. The van der Waals surface area contributed by atoms with Crippen molar-refractivity contribution in [3.63, 3.8) is 0 Å². The van der Waals surface area contributed by atoms with Gasteiger partial charge in [-0.05, 0) is 38.8 Å². The van der Waals surface area contributed by atoms with Crippen LogP contribution in [0.15, 0.2) is 18.5 Å². The summed E-state index contributed by atoms with van der Waals surface area (Å²) >= 11 is 0. The molecule has 1 amide bonds. The standard InChI is InChI=1S/C15H22N4O/c1-19-11-3-2-4-12(19)8-10(7-11)18-15(20)13-9-17-6-5-14(13)16/h5-6,9-12H,2-4,7-8H2,1H3,(H2,16,17)(H,18,20). The number of nitrogens with two attached hydrogens (primary N) is 1. The molecule has 2 atom stereocenters. The summed E-state index contributed by atoms with van der Waals surface area (Å²) in [5.74, 6) is -0.0942. The summed E-state index contributed by atoms with van der Waals surface area (Å²) in [5, 5.41) is 3.14. The Morgan fingerprint density at radius 3 is 2.75 bits per heavy atom. The third-order valence-electron chi connectivity index (χ3n) is 4.77. The molecular weight excluding hydrogens is 252 g/mol. The van der Waals surface area contributed by atoms with Crippen molar-refractivity contribution in [1.82, 2.24) is 15.2 Å². The first-order valence-corrected chi connectivity index (χ1v) is 7.37. The van der Waals surface area contributed by atoms with Crippen LogP contribution in [0, 0.1) is 0 Å². The Morgan fingerprint density at radius 2 is 2.10 bits per heavy atom. The van der Waals surface area contributed by atoms with Crippen molar-refractivity contribution in [3.05, 3.63) is 24.0 Å². The highest BCUT2D eigenvalue weighted by Crippen LogP contribution is 2.32. The van der Waals surface area contributed by atoms with Crippen LogP contribution in [0.25, 0.3) is 0 Å². The fourth-order valence-electron chi connectivity index (χ4n) is 3.59. The molecule has 2 unspecified atom stereocenters. The van der Waals surface area contributed by atoms with Gasteiger partial charge in [0.1, 0.15) is 0 Å². The fraction of sp³-hybridized carbons (Fsp3) is 0.600. The van der Waals surface area contributed by atoms with Crippen LogP contribution < -0.4 is 11.1 Å². The molecule has 0 radical (unpaired) electrons. The van der Waals surface area contributed by atoms with E-state index in [1.165, 1.54) is 19.3 Å². The average molecular weight is 274 g/mol. The van der Waals surface area contributed by atoms with Crippen molar-refractivity contribution in [2.24, 2.45) is 0 Å². The zero-order chi connectivity index (χ0) is 14.1. The summed E-state index contributed by atoms with van der Waals surface area (Å²) in [7, 11) is 2.21. The Hall–Kier alpha value is -1.62. The van der Waals surface area contributed by atoms with Crippen molar-refractivity contribution in [2.75, 3.05) is 12.8 Å². The number of rotatable bonds is 2. The number of nitrogen functional groups attached to an aromatic ring is 1. The van der Waals surface area contributed by atoms with Gasteiger partial charge in [-0.15, -0.1) is 0 Å². The number of nitrogens with zero attached hydrogens (tertiary/aromatic N) is 2. The Bertz CT molecular complexity index is 490. The predicted octanol–water partition coefficient (Wildman–Crippen LogP) is 1.41. The maximum atomic E-state index is 12.3. The molecule has 1 aromatic heterocycles. The number of carbonyl (C=O) groups is 1. The second-order valence-electron chi connectivity index (χ2n) is 6.01. The number of carbonyl (C=O) groups excluding carboxylic acids is 1. The maximum Gasteiger partial charge on any atom is 0.255 e. The van der Waals surface area contributed by atoms with Gasteiger partial charge in [0.05, 0.1) is 5.56 Å². The van der Waals surface area contributed by atoms with E-state index in [-0.39, 0.29) is 11.9 Å². The van der Waals surface area contributed by atoms with E-state index in [1.54, 1.807) is 18.5 Å². The Kier molecular flexibility index (Phi) is 3.61. The molecule has 3 rings (SSSR count). The predicted molar refractivity (Wildman–Crippen MR) is 78.3 cm³/mol. The van der Waals surface area contributed by atoms with Crippen LogP contribution in [0.4, 0.5) is 5.69 Å². The molecule has 3 heterocycles. The molecule has 20 heavy (non-hydrogen) atoms. The molecule has 2 fully saturated rings. The average Bonchev–Trinajstić information content (AvgIpc) is 2.40. The topological polar surface area (TPSA) is 71.2 Å². The lowest BCUT2D eigenvalue weighted by atomic mass is 9.82. The number of hydrogen-bond donors (Lipinski definition) is 2. The maximum absolute atomic E-state index is 12.3. The molecule has 0 aromatic carbocycles. The minimum absolute atomic E-state index is 0.0942. The van der Waals surface area contributed by atoms with E-state index in [0.29, 0.717) is 23.3 Å². The van der Waals surface area contributed by atoms with Gasteiger partial charge in [0, 0.05) is 36.2 Å². The van der Waals surface area contributed by atoms with E-state index in [2.05, 4.69) is 22.2 Å². The van der Waals surface area contributed by atoms with Gasteiger partial charge >= 0.3 is 0 Å². The Balaban J connectivity index is 1.67. The van der Waals surface area contributed by atoms with E-state index < -0.39 is 0 Å². The highest BCUT2D eigenvalue weighted by atomic mass is 16.1. The summed E-state index contributed by atoms with van der Waals surface area (Å²) in [4.78, 5) is 18.8. The van der Waals surface area contributed by atoms with E-state index >= 15 is 0 Å². The van der Waals surface area contributed by atoms with Crippen LogP contribution in [-0.4, -0.2) is 41.0 Å². The first-order valence-electron chi connectivity index (χ1n) is 7.37. The van der Waals surface area contributed by atoms with Gasteiger partial charge in [-0.25, -0.2) is 0 Å². The molecule has 2 bridgehead atoms. The van der Waals surface area contributed by atoms with Crippen molar-refractivity contribution < 1.29 is 4.79 Å². The minimum atomic E-state index is -0.0942. The summed E-state index contributed by atoms with van der Waals surface area (Å²) in [5.41, 5.74) is 6.81. The van der Waals surface area contributed by atoms with Gasteiger partial charge in [-0.1, -0.05) is 6.42 Å². The molecule has 5 heteroatoms. The second kappa shape index (κ2) is 5.40. The fourth-order valence-corrected chi connectivity index (χ4v) is 3.59. The van der Waals surface area contributed by atoms with Gasteiger partial charge in [-0.2, -0.15) is 0 Å². The number of fused-ring (bicyclic) bond motifs is 2. The lowest BCUT2D eigenvalue weighted by Gasteiger charge is -2.47. The summed E-state index contributed by atoms with van der Waals surface area (Å²) in [6, 6.07) is 3.14. The van der Waals surface area contributed by atoms with Crippen LogP contribution >= 0.6 is 0 Å². The zero-order valence-electron chi connectivity index (χ0n) is 11.9. The molecule has 0 spiro atoms. The van der Waals surface area contributed by atoms with Crippen LogP contribution in [0.5, 0.6) is 0 Å². The molecule has 108 valence electrons. The van der Waals surface area contributed by atoms with Crippen LogP contribution in [-0.2, 0) is 0 Å². The minimum Gasteiger partial charge on any atom is -0.398 e. The SMILES string of the molecule is CN1C2CCCC1CC(NC(=O)c1cnccc1N)C2. The molecule has 0 aliphatic carbocycles. The third-order valence-corrected chi connectivity index (χ3v) is 4.77. The largest absolute Gasteiger partial charge is 0.398 e. The summed E-state index contributed by atoms with van der Waals surface area (Å²) in [6.07, 6.45) is 9.03. The number of hydrogen-bond acceptors (Lipinski definition) is 4. The lowest BCUT2D eigenvalue weighted by Crippen LogP contribution is -2.55. The summed E-state index contributed by atoms with van der Waals surface area (Å²) in [6.45, 7) is 0. The van der Waals surface area contributed by atoms with Crippen LogP contribution in [0.2, 0.25) is 0 Å². The van der Waals surface area contributed by atoms with Gasteiger partial charge in [0.25, 0.3) is 5.91 Å². The molecule has 2 aliphatic heterocycles. The smallest absolute Gasteiger partial charge is 0.255 e. The lowest BCUT2D eigenvalue weighted by molar-refractivity contribution is 0.0463. The number of aromatic nitrogens is 1. The number of anilines is 1. The van der Waals surface area contributed by atoms with Crippen molar-refractivity contribution in [2.45, 2.75) is 50.2 Å². The Morgan fingerprint density at radius 1 is 1.40 bits per heavy atom. The van der Waals surface area contributed by atoms with Crippen LogP contribution in [0.3, 0.4) is 0 Å². The molecule has 3 N–H and O–H groups in total. The van der Waals surface area contributed by atoms with Gasteiger partial charge in [0.15, 0.2) is 0 Å². The van der Waals surface area contributed by atoms with Crippen LogP contribution in [0.1, 0.15) is 42.5 Å². The van der Waals surface area contributed by atoms with Gasteiger partial charge in [0.2, 0.25) is 0 Å². The second-order valence-corrected chi connectivity index (χ2v) is 6.01. The zero-order valence-corrected chi connectivity index (χ0v) is 11.9. The monoisotopic (exact) mass is 274 g/mol. The molecule has 2 saturated heterocycles.